The number of rotatable bonds is 9. The van der Waals surface area contributed by atoms with E-state index in [1.54, 1.807) is 6.92 Å². The van der Waals surface area contributed by atoms with Crippen LogP contribution >= 0.6 is 0 Å². The highest BCUT2D eigenvalue weighted by Gasteiger charge is 2.13. The normalized spacial score (nSPS) is 12.8. The van der Waals surface area contributed by atoms with E-state index in [1.807, 2.05) is 0 Å². The molecule has 1 rings (SSSR count). The molecule has 1 unspecified atom stereocenters. The van der Waals surface area contributed by atoms with Gasteiger partial charge in [-0.1, -0.05) is 6.92 Å². The number of aliphatic carboxylic acids is 1. The molecule has 0 fully saturated rings. The van der Waals surface area contributed by atoms with E-state index in [0.29, 0.717) is 25.2 Å². The van der Waals surface area contributed by atoms with Gasteiger partial charge >= 0.3 is 5.97 Å². The molecule has 9 heteroatoms. The van der Waals surface area contributed by atoms with Crippen LogP contribution in [-0.4, -0.2) is 50.9 Å². The van der Waals surface area contributed by atoms with E-state index in [1.165, 1.54) is 4.68 Å². The first kappa shape index (κ1) is 15.4. The van der Waals surface area contributed by atoms with E-state index in [4.69, 9.17) is 9.84 Å². The number of carboxylic acid groups (broad SMARTS) is 1. The van der Waals surface area contributed by atoms with E-state index in [2.05, 4.69) is 15.5 Å². The number of alkyl halides is 2. The van der Waals surface area contributed by atoms with Gasteiger partial charge in [0.2, 0.25) is 0 Å². The lowest BCUT2D eigenvalue weighted by atomic mass is 10.1. The van der Waals surface area contributed by atoms with Crippen LogP contribution in [0, 0.1) is 5.92 Å². The Labute approximate surface area is 108 Å². The second-order valence-electron chi connectivity index (χ2n) is 4.06. The summed E-state index contributed by atoms with van der Waals surface area (Å²) >= 11 is 0. The summed E-state index contributed by atoms with van der Waals surface area (Å²) in [5.74, 6) is -0.881. The second kappa shape index (κ2) is 7.72. The number of hydrogen-bond acceptors (Lipinski definition) is 5. The molecule has 0 aliphatic rings. The van der Waals surface area contributed by atoms with Gasteiger partial charge < -0.3 is 9.84 Å². The summed E-state index contributed by atoms with van der Waals surface area (Å²) in [5, 5.41) is 19.7. The third kappa shape index (κ3) is 5.69. The van der Waals surface area contributed by atoms with Gasteiger partial charge in [-0.25, -0.2) is 13.5 Å². The fraction of sp³-hybridized carbons (Fsp3) is 0.800. The summed E-state index contributed by atoms with van der Waals surface area (Å²) in [6.45, 7) is 1.44. The van der Waals surface area contributed by atoms with Gasteiger partial charge in [-0.2, -0.15) is 0 Å². The van der Waals surface area contributed by atoms with Crippen molar-refractivity contribution < 1.29 is 23.4 Å². The Morgan fingerprint density at radius 2 is 2.26 bits per heavy atom. The number of carbonyl (C=O) groups is 1. The molecular weight excluding hydrogens is 262 g/mol. The molecule has 0 aliphatic heterocycles. The Bertz CT molecular complexity index is 400. The Hall–Kier alpha value is -1.64. The van der Waals surface area contributed by atoms with E-state index >= 15 is 0 Å². The number of aryl methyl sites for hydroxylation is 1. The van der Waals surface area contributed by atoms with E-state index < -0.39 is 24.9 Å². The van der Waals surface area contributed by atoms with Crippen LogP contribution in [0.5, 0.6) is 0 Å². The minimum Gasteiger partial charge on any atom is -0.481 e. The summed E-state index contributed by atoms with van der Waals surface area (Å²) in [5.41, 5.74) is 0. The fourth-order valence-corrected chi connectivity index (χ4v) is 1.35. The molecular formula is C10H16F2N4O3. The standard InChI is InChI=1S/C10H16F2N4O3/c1-7(10(17)18)2-4-16-9(13-14-15-16)3-5-19-6-8(11)12/h7-8H,2-6H2,1H3,(H,17,18). The lowest BCUT2D eigenvalue weighted by molar-refractivity contribution is -0.141. The van der Waals surface area contributed by atoms with Crippen LogP contribution in [0.25, 0.3) is 0 Å². The average Bonchev–Trinajstić information content (AvgIpc) is 2.78. The summed E-state index contributed by atoms with van der Waals surface area (Å²) in [6.07, 6.45) is -1.79. The highest BCUT2D eigenvalue weighted by atomic mass is 19.3. The quantitative estimate of drug-likeness (QED) is 0.665. The van der Waals surface area contributed by atoms with Crippen LogP contribution in [0.3, 0.4) is 0 Å². The van der Waals surface area contributed by atoms with Crippen LogP contribution in [-0.2, 0) is 22.5 Å². The monoisotopic (exact) mass is 278 g/mol. The van der Waals surface area contributed by atoms with Gasteiger partial charge in [0.1, 0.15) is 6.61 Å². The smallest absolute Gasteiger partial charge is 0.306 e. The first-order valence-corrected chi connectivity index (χ1v) is 5.84. The number of hydrogen-bond donors (Lipinski definition) is 1. The minimum atomic E-state index is -2.49. The maximum absolute atomic E-state index is 11.8. The molecule has 1 N–H and O–H groups in total. The zero-order chi connectivity index (χ0) is 14.3. The Balaban J connectivity index is 2.36. The maximum atomic E-state index is 11.8. The fourth-order valence-electron chi connectivity index (χ4n) is 1.35. The first-order valence-electron chi connectivity index (χ1n) is 5.84. The molecule has 0 aromatic carbocycles. The SMILES string of the molecule is CC(CCn1nnnc1CCOCC(F)F)C(=O)O. The topological polar surface area (TPSA) is 90.1 Å². The highest BCUT2D eigenvalue weighted by Crippen LogP contribution is 2.05. The van der Waals surface area contributed by atoms with Crippen molar-refractivity contribution in [2.75, 3.05) is 13.2 Å². The molecule has 7 nitrogen and oxygen atoms in total. The van der Waals surface area contributed by atoms with E-state index in [9.17, 15) is 13.6 Å². The van der Waals surface area contributed by atoms with Gasteiger partial charge in [0.25, 0.3) is 6.43 Å². The number of ether oxygens (including phenoxy) is 1. The average molecular weight is 278 g/mol. The highest BCUT2D eigenvalue weighted by molar-refractivity contribution is 5.69. The van der Waals surface area contributed by atoms with Crippen LogP contribution in [0.1, 0.15) is 19.2 Å². The van der Waals surface area contributed by atoms with Crippen molar-refractivity contribution >= 4 is 5.97 Å². The Morgan fingerprint density at radius 3 is 2.89 bits per heavy atom. The molecule has 1 aromatic heterocycles. The summed E-state index contributed by atoms with van der Waals surface area (Å²) in [4.78, 5) is 10.7. The number of carboxylic acids is 1. The van der Waals surface area contributed by atoms with Crippen LogP contribution in [0.4, 0.5) is 8.78 Å². The van der Waals surface area contributed by atoms with Crippen molar-refractivity contribution in [2.45, 2.75) is 32.7 Å². The van der Waals surface area contributed by atoms with Gasteiger partial charge in [0, 0.05) is 13.0 Å². The molecule has 0 radical (unpaired) electrons. The summed E-state index contributed by atoms with van der Waals surface area (Å²) in [7, 11) is 0. The molecule has 108 valence electrons. The Kier molecular flexibility index (Phi) is 6.26. The zero-order valence-corrected chi connectivity index (χ0v) is 10.5. The van der Waals surface area contributed by atoms with Gasteiger partial charge in [0.05, 0.1) is 12.5 Å². The van der Waals surface area contributed by atoms with Crippen molar-refractivity contribution in [2.24, 2.45) is 5.92 Å². The maximum Gasteiger partial charge on any atom is 0.306 e. The molecule has 0 saturated carbocycles. The van der Waals surface area contributed by atoms with Crippen LogP contribution < -0.4 is 0 Å². The van der Waals surface area contributed by atoms with Gasteiger partial charge in [-0.3, -0.25) is 4.79 Å². The number of aromatic nitrogens is 4. The first-order chi connectivity index (χ1) is 9.00. The van der Waals surface area contributed by atoms with Gasteiger partial charge in [-0.15, -0.1) is 5.10 Å². The largest absolute Gasteiger partial charge is 0.481 e. The molecule has 19 heavy (non-hydrogen) atoms. The van der Waals surface area contributed by atoms with E-state index in [0.717, 1.165) is 0 Å². The number of tetrazole rings is 1. The van der Waals surface area contributed by atoms with Crippen molar-refractivity contribution in [1.29, 1.82) is 0 Å². The van der Waals surface area contributed by atoms with E-state index in [-0.39, 0.29) is 6.61 Å². The Morgan fingerprint density at radius 1 is 1.53 bits per heavy atom. The third-order valence-corrected chi connectivity index (χ3v) is 2.52. The molecule has 0 saturated heterocycles. The lowest BCUT2D eigenvalue weighted by Crippen LogP contribution is -2.16. The second-order valence-corrected chi connectivity index (χ2v) is 4.06. The third-order valence-electron chi connectivity index (χ3n) is 2.52. The summed E-state index contributed by atoms with van der Waals surface area (Å²) < 4.78 is 29.9. The van der Waals surface area contributed by atoms with Crippen LogP contribution in [0.15, 0.2) is 0 Å². The summed E-state index contributed by atoms with van der Waals surface area (Å²) in [6, 6.07) is 0. The van der Waals surface area contributed by atoms with Gasteiger partial charge in [-0.05, 0) is 16.8 Å². The predicted molar refractivity (Wildman–Crippen MR) is 59.8 cm³/mol. The van der Waals surface area contributed by atoms with Crippen molar-refractivity contribution in [3.63, 3.8) is 0 Å². The molecule has 0 aliphatic carbocycles. The van der Waals surface area contributed by atoms with Crippen molar-refractivity contribution in [1.82, 2.24) is 20.2 Å². The molecule has 1 heterocycles. The zero-order valence-electron chi connectivity index (χ0n) is 10.5. The number of nitrogens with zero attached hydrogens (tertiary/aromatic N) is 4. The van der Waals surface area contributed by atoms with Crippen molar-refractivity contribution in [3.05, 3.63) is 5.82 Å². The van der Waals surface area contributed by atoms with Crippen molar-refractivity contribution in [3.8, 4) is 0 Å². The minimum absolute atomic E-state index is 0.0964. The lowest BCUT2D eigenvalue weighted by Gasteiger charge is -2.07. The molecule has 1 aromatic rings. The molecule has 0 amide bonds. The van der Waals surface area contributed by atoms with Gasteiger partial charge in [0.15, 0.2) is 5.82 Å². The molecule has 0 spiro atoms. The molecule has 0 bridgehead atoms. The molecule has 1 atom stereocenters. The number of halogens is 2. The predicted octanol–water partition coefficient (Wildman–Crippen LogP) is 0.608. The van der Waals surface area contributed by atoms with Crippen LogP contribution in [0.2, 0.25) is 0 Å².